The highest BCUT2D eigenvalue weighted by Gasteiger charge is 1.97. The molecule has 0 N–H and O–H groups in total. The summed E-state index contributed by atoms with van der Waals surface area (Å²) in [5, 5.41) is 0. The Morgan fingerprint density at radius 2 is 2.60 bits per heavy atom. The standard InChI is InChI=1S/C3H7BP/c1-2-4-5-3-1/h5H,1-3H2. The van der Waals surface area contributed by atoms with Crippen LogP contribution < -0.4 is 0 Å². The van der Waals surface area contributed by atoms with E-state index in [2.05, 4.69) is 7.00 Å². The molecule has 1 rings (SSSR count). The van der Waals surface area contributed by atoms with Gasteiger partial charge >= 0.3 is 0 Å². The fourth-order valence-corrected chi connectivity index (χ4v) is 1.53. The molecule has 1 heterocycles. The van der Waals surface area contributed by atoms with E-state index in [9.17, 15) is 0 Å². The fraction of sp³-hybridized carbons (Fsp3) is 1.00. The van der Waals surface area contributed by atoms with Gasteiger partial charge in [0, 0.05) is 0 Å². The second-order valence-corrected chi connectivity index (χ2v) is 2.62. The van der Waals surface area contributed by atoms with E-state index in [0.717, 1.165) is 0 Å². The molecular formula is C3H7BP. The molecular weight excluding hydrogens is 77.8 g/mol. The van der Waals surface area contributed by atoms with Gasteiger partial charge in [-0.2, -0.15) is 8.46 Å². The van der Waals surface area contributed by atoms with Crippen molar-refractivity contribution < 1.29 is 0 Å². The molecule has 1 atom stereocenters. The third kappa shape index (κ3) is 0.927. The van der Waals surface area contributed by atoms with Crippen molar-refractivity contribution in [1.82, 2.24) is 0 Å². The van der Waals surface area contributed by atoms with E-state index in [1.165, 1.54) is 27.4 Å². The van der Waals surface area contributed by atoms with Gasteiger partial charge in [0.2, 0.25) is 0 Å². The normalized spacial score (nSPS) is 27.2. The maximum Gasteiger partial charge on any atom is 0.142 e. The van der Waals surface area contributed by atoms with Gasteiger partial charge in [-0.15, -0.1) is 0 Å². The van der Waals surface area contributed by atoms with E-state index in [1.54, 1.807) is 0 Å². The monoisotopic (exact) mass is 85.0 g/mol. The van der Waals surface area contributed by atoms with Gasteiger partial charge < -0.3 is 0 Å². The molecule has 0 bridgehead atoms. The molecule has 0 saturated carbocycles. The first-order valence-electron chi connectivity index (χ1n) is 2.05. The summed E-state index contributed by atoms with van der Waals surface area (Å²) in [5.41, 5.74) is 0. The van der Waals surface area contributed by atoms with Crippen LogP contribution in [0.15, 0.2) is 0 Å². The first kappa shape index (κ1) is 3.68. The molecule has 1 saturated heterocycles. The highest BCUT2D eigenvalue weighted by Crippen LogP contribution is 2.20. The van der Waals surface area contributed by atoms with Crippen molar-refractivity contribution >= 4 is 15.5 Å². The second-order valence-electron chi connectivity index (χ2n) is 1.30. The minimum atomic E-state index is 1.18. The molecule has 2 heteroatoms. The third-order valence-electron chi connectivity index (χ3n) is 0.814. The molecule has 5 heavy (non-hydrogen) atoms. The Bertz CT molecular complexity index is 18.5. The lowest BCUT2D eigenvalue weighted by molar-refractivity contribution is 1.12. The van der Waals surface area contributed by atoms with Gasteiger partial charge in [0.05, 0.1) is 0 Å². The first-order chi connectivity index (χ1) is 2.50. The largest absolute Gasteiger partial charge is 0.163 e. The van der Waals surface area contributed by atoms with Gasteiger partial charge in [-0.1, -0.05) is 12.7 Å². The van der Waals surface area contributed by atoms with E-state index in [-0.39, 0.29) is 0 Å². The van der Waals surface area contributed by atoms with Gasteiger partial charge in [-0.3, -0.25) is 0 Å². The molecule has 1 aliphatic heterocycles. The van der Waals surface area contributed by atoms with Crippen molar-refractivity contribution in [3.05, 3.63) is 0 Å². The summed E-state index contributed by atoms with van der Waals surface area (Å²) < 4.78 is 0. The minimum absolute atomic E-state index is 1.18. The molecule has 0 spiro atoms. The lowest BCUT2D eigenvalue weighted by Crippen LogP contribution is -1.60. The van der Waals surface area contributed by atoms with E-state index in [4.69, 9.17) is 0 Å². The molecule has 0 aromatic rings. The Morgan fingerprint density at radius 1 is 1.60 bits per heavy atom. The Kier molecular flexibility index (Phi) is 1.34. The summed E-state index contributed by atoms with van der Waals surface area (Å²) in [4.78, 5) is 0. The molecule has 1 aliphatic rings. The highest BCUT2D eigenvalue weighted by atomic mass is 31.1. The molecule has 1 fully saturated rings. The molecule has 0 aromatic heterocycles. The average molecular weight is 84.9 g/mol. The zero-order valence-corrected chi connectivity index (χ0v) is 4.20. The van der Waals surface area contributed by atoms with Crippen LogP contribution in [-0.2, 0) is 0 Å². The van der Waals surface area contributed by atoms with Crippen LogP contribution in [0.4, 0.5) is 0 Å². The van der Waals surface area contributed by atoms with Crippen LogP contribution in [0.1, 0.15) is 6.42 Å². The summed E-state index contributed by atoms with van der Waals surface area (Å²) >= 11 is 0. The smallest absolute Gasteiger partial charge is 0.142 e. The van der Waals surface area contributed by atoms with Crippen LogP contribution in [0, 0.1) is 0 Å². The Morgan fingerprint density at radius 3 is 2.80 bits per heavy atom. The van der Waals surface area contributed by atoms with Crippen LogP contribution in [0.5, 0.6) is 0 Å². The third-order valence-corrected chi connectivity index (χ3v) is 2.03. The maximum atomic E-state index is 2.39. The zero-order valence-electron chi connectivity index (χ0n) is 3.20. The fourth-order valence-electron chi connectivity index (χ4n) is 0.510. The van der Waals surface area contributed by atoms with Gasteiger partial charge in [0.15, 0.2) is 0 Å². The first-order valence-corrected chi connectivity index (χ1v) is 3.33. The lowest BCUT2D eigenvalue weighted by atomic mass is 10.0. The topological polar surface area (TPSA) is 0 Å². The Labute approximate surface area is 35.3 Å². The summed E-state index contributed by atoms with van der Waals surface area (Å²) in [6.45, 7) is 2.39. The SMILES string of the molecule is [B]1CCCP1. The summed E-state index contributed by atoms with van der Waals surface area (Å²) in [6, 6.07) is 0. The lowest BCUT2D eigenvalue weighted by Gasteiger charge is -1.69. The zero-order chi connectivity index (χ0) is 3.54. The van der Waals surface area contributed by atoms with Gasteiger partial charge in [-0.05, 0) is 6.16 Å². The molecule has 0 nitrogen and oxygen atoms in total. The predicted octanol–water partition coefficient (Wildman–Crippen LogP) is 1.11. The van der Waals surface area contributed by atoms with E-state index in [0.29, 0.717) is 0 Å². The van der Waals surface area contributed by atoms with Crippen molar-refractivity contribution in [2.75, 3.05) is 6.16 Å². The van der Waals surface area contributed by atoms with Crippen LogP contribution in [0.25, 0.3) is 0 Å². The van der Waals surface area contributed by atoms with Crippen molar-refractivity contribution in [2.24, 2.45) is 0 Å². The molecule has 0 aromatic carbocycles. The maximum absolute atomic E-state index is 2.39. The van der Waals surface area contributed by atoms with Crippen molar-refractivity contribution in [2.45, 2.75) is 12.7 Å². The number of hydrogen-bond acceptors (Lipinski definition) is 0. The van der Waals surface area contributed by atoms with Gasteiger partial charge in [0.1, 0.15) is 7.00 Å². The van der Waals surface area contributed by atoms with Crippen molar-refractivity contribution in [3.63, 3.8) is 0 Å². The summed E-state index contributed by atoms with van der Waals surface area (Å²) in [5.74, 6) is 0. The molecule has 27 valence electrons. The predicted molar refractivity (Wildman–Crippen MR) is 28.4 cm³/mol. The van der Waals surface area contributed by atoms with Gasteiger partial charge in [-0.25, -0.2) is 0 Å². The van der Waals surface area contributed by atoms with Crippen LogP contribution in [0.2, 0.25) is 6.32 Å². The quantitative estimate of drug-likeness (QED) is 0.305. The molecule has 1 radical (unpaired) electrons. The highest BCUT2D eigenvalue weighted by molar-refractivity contribution is 7.71. The van der Waals surface area contributed by atoms with Crippen molar-refractivity contribution in [1.29, 1.82) is 0 Å². The molecule has 0 aliphatic carbocycles. The summed E-state index contributed by atoms with van der Waals surface area (Å²) in [6.07, 6.45) is 4.32. The summed E-state index contributed by atoms with van der Waals surface area (Å²) in [7, 11) is 1.18. The molecule has 1 unspecified atom stereocenters. The van der Waals surface area contributed by atoms with Gasteiger partial charge in [0.25, 0.3) is 0 Å². The Hall–Kier alpha value is 0.495. The van der Waals surface area contributed by atoms with E-state index < -0.39 is 0 Å². The second kappa shape index (κ2) is 1.82. The number of hydrogen-bond donors (Lipinski definition) is 0. The van der Waals surface area contributed by atoms with Crippen LogP contribution in [0.3, 0.4) is 0 Å². The number of rotatable bonds is 0. The van der Waals surface area contributed by atoms with Crippen LogP contribution >= 0.6 is 8.46 Å². The van der Waals surface area contributed by atoms with Crippen molar-refractivity contribution in [3.8, 4) is 0 Å². The Balaban J connectivity index is 2.08. The molecule has 0 amide bonds. The van der Waals surface area contributed by atoms with Crippen LogP contribution in [-0.4, -0.2) is 13.2 Å². The van der Waals surface area contributed by atoms with E-state index >= 15 is 0 Å². The minimum Gasteiger partial charge on any atom is -0.163 e. The van der Waals surface area contributed by atoms with E-state index in [1.807, 2.05) is 0 Å². The average Bonchev–Trinajstić information content (AvgIpc) is 1.76.